The summed E-state index contributed by atoms with van der Waals surface area (Å²) in [4.78, 5) is 24.6. The van der Waals surface area contributed by atoms with E-state index >= 15 is 0 Å². The van der Waals surface area contributed by atoms with Crippen LogP contribution in [0.5, 0.6) is 0 Å². The van der Waals surface area contributed by atoms with Crippen LogP contribution in [0.25, 0.3) is 0 Å². The molecule has 0 bridgehead atoms. The second-order valence-corrected chi connectivity index (χ2v) is 4.73. The normalized spacial score (nSPS) is 18.1. The molecule has 0 spiro atoms. The van der Waals surface area contributed by atoms with Crippen molar-refractivity contribution in [2.75, 3.05) is 25.0 Å². The predicted molar refractivity (Wildman–Crippen MR) is 71.1 cm³/mol. The van der Waals surface area contributed by atoms with Crippen molar-refractivity contribution in [3.63, 3.8) is 0 Å². The molecule has 108 valence electrons. The Morgan fingerprint density at radius 2 is 2.25 bits per heavy atom. The van der Waals surface area contributed by atoms with Gasteiger partial charge in [-0.05, 0) is 31.0 Å². The zero-order valence-electron chi connectivity index (χ0n) is 10.8. The van der Waals surface area contributed by atoms with Gasteiger partial charge in [0.15, 0.2) is 0 Å². The predicted octanol–water partition coefficient (Wildman–Crippen LogP) is 1.34. The molecule has 1 unspecified atom stereocenters. The lowest BCUT2D eigenvalue weighted by atomic mass is 10.1. The van der Waals surface area contributed by atoms with Gasteiger partial charge < -0.3 is 21.1 Å². The van der Waals surface area contributed by atoms with Crippen LogP contribution in [0.15, 0.2) is 18.2 Å². The summed E-state index contributed by atoms with van der Waals surface area (Å²) in [6, 6.07) is 3.32. The summed E-state index contributed by atoms with van der Waals surface area (Å²) in [6.45, 7) is 1.59. The number of carbonyl (C=O) groups excluding carboxylic acids is 1. The van der Waals surface area contributed by atoms with Crippen molar-refractivity contribution in [1.29, 1.82) is 0 Å². The van der Waals surface area contributed by atoms with Gasteiger partial charge in [-0.1, -0.05) is 6.07 Å². The van der Waals surface area contributed by atoms with E-state index in [-0.39, 0.29) is 11.6 Å². The second-order valence-electron chi connectivity index (χ2n) is 4.73. The molecule has 1 aromatic carbocycles. The largest absolute Gasteiger partial charge is 0.478 e. The second kappa shape index (κ2) is 5.87. The first-order valence-corrected chi connectivity index (χ1v) is 6.30. The lowest BCUT2D eigenvalue weighted by Gasteiger charge is -2.18. The van der Waals surface area contributed by atoms with Crippen molar-refractivity contribution in [2.45, 2.75) is 6.42 Å². The minimum atomic E-state index is -1.42. The summed E-state index contributed by atoms with van der Waals surface area (Å²) < 4.78 is 13.5. The van der Waals surface area contributed by atoms with E-state index in [1.54, 1.807) is 4.90 Å². The lowest BCUT2D eigenvalue weighted by molar-refractivity contribution is 0.0693. The van der Waals surface area contributed by atoms with E-state index in [0.29, 0.717) is 19.6 Å². The number of benzene rings is 1. The molecule has 1 atom stereocenters. The lowest BCUT2D eigenvalue weighted by Crippen LogP contribution is -2.34. The van der Waals surface area contributed by atoms with Crippen LogP contribution in [-0.4, -0.2) is 41.6 Å². The first-order valence-electron chi connectivity index (χ1n) is 6.30. The molecule has 1 fully saturated rings. The average Bonchev–Trinajstić information content (AvgIpc) is 2.87. The van der Waals surface area contributed by atoms with Crippen LogP contribution < -0.4 is 11.1 Å². The molecule has 0 aliphatic carbocycles. The van der Waals surface area contributed by atoms with E-state index in [1.807, 2.05) is 0 Å². The Bertz CT molecular complexity index is 536. The van der Waals surface area contributed by atoms with Gasteiger partial charge in [-0.3, -0.25) is 0 Å². The topological polar surface area (TPSA) is 95.7 Å². The van der Waals surface area contributed by atoms with Gasteiger partial charge in [0, 0.05) is 13.1 Å². The maximum absolute atomic E-state index is 13.5. The zero-order valence-corrected chi connectivity index (χ0v) is 10.8. The third kappa shape index (κ3) is 2.88. The number of carboxylic acids is 1. The van der Waals surface area contributed by atoms with Crippen molar-refractivity contribution in [3.8, 4) is 0 Å². The van der Waals surface area contributed by atoms with E-state index in [2.05, 4.69) is 5.32 Å². The molecule has 2 amide bonds. The summed E-state index contributed by atoms with van der Waals surface area (Å²) in [6.07, 6.45) is 0.818. The number of halogens is 1. The molecule has 0 saturated carbocycles. The Hall–Kier alpha value is -2.15. The van der Waals surface area contributed by atoms with Gasteiger partial charge in [-0.25, -0.2) is 14.0 Å². The van der Waals surface area contributed by atoms with Crippen molar-refractivity contribution < 1.29 is 19.1 Å². The molecule has 4 N–H and O–H groups in total. The number of nitrogens with one attached hydrogen (secondary N) is 1. The first kappa shape index (κ1) is 14.3. The number of aromatic carboxylic acids is 1. The van der Waals surface area contributed by atoms with Gasteiger partial charge in [-0.15, -0.1) is 0 Å². The van der Waals surface area contributed by atoms with Crippen LogP contribution in [0.4, 0.5) is 14.9 Å². The standard InChI is InChI=1S/C13H16FN3O3/c14-9-2-1-3-10(11(9)12(18)19)16-13(20)17-5-4-8(6-15)7-17/h1-3,8H,4-7,15H2,(H,16,20)(H,18,19). The molecular formula is C13H16FN3O3. The number of hydrogen-bond donors (Lipinski definition) is 3. The molecule has 2 rings (SSSR count). The third-order valence-electron chi connectivity index (χ3n) is 3.38. The van der Waals surface area contributed by atoms with Crippen LogP contribution in [0.1, 0.15) is 16.8 Å². The number of nitrogens with zero attached hydrogens (tertiary/aromatic N) is 1. The van der Waals surface area contributed by atoms with E-state index in [1.165, 1.54) is 12.1 Å². The fourth-order valence-corrected chi connectivity index (χ4v) is 2.25. The Morgan fingerprint density at radius 3 is 2.85 bits per heavy atom. The Kier molecular flexibility index (Phi) is 4.19. The minimum absolute atomic E-state index is 0.0429. The number of urea groups is 1. The highest BCUT2D eigenvalue weighted by molar-refractivity contribution is 6.00. The summed E-state index contributed by atoms with van der Waals surface area (Å²) in [5, 5.41) is 11.4. The monoisotopic (exact) mass is 281 g/mol. The highest BCUT2D eigenvalue weighted by atomic mass is 19.1. The highest BCUT2D eigenvalue weighted by Crippen LogP contribution is 2.21. The van der Waals surface area contributed by atoms with Gasteiger partial charge in [0.1, 0.15) is 11.4 Å². The number of likely N-dealkylation sites (tertiary alicyclic amines) is 1. The average molecular weight is 281 g/mol. The molecule has 0 aromatic heterocycles. The van der Waals surface area contributed by atoms with Gasteiger partial charge in [-0.2, -0.15) is 0 Å². The van der Waals surface area contributed by atoms with Crippen LogP contribution in [0.2, 0.25) is 0 Å². The maximum atomic E-state index is 13.5. The molecule has 1 aliphatic heterocycles. The van der Waals surface area contributed by atoms with Gasteiger partial charge >= 0.3 is 12.0 Å². The van der Waals surface area contributed by atoms with Gasteiger partial charge in [0.2, 0.25) is 0 Å². The number of amides is 2. The van der Waals surface area contributed by atoms with Crippen molar-refractivity contribution in [1.82, 2.24) is 4.90 Å². The van der Waals surface area contributed by atoms with Crippen LogP contribution in [0, 0.1) is 11.7 Å². The molecular weight excluding hydrogens is 265 g/mol. The minimum Gasteiger partial charge on any atom is -0.478 e. The maximum Gasteiger partial charge on any atom is 0.340 e. The van der Waals surface area contributed by atoms with E-state index in [4.69, 9.17) is 10.8 Å². The molecule has 1 saturated heterocycles. The third-order valence-corrected chi connectivity index (χ3v) is 3.38. The molecule has 1 aliphatic rings. The van der Waals surface area contributed by atoms with Crippen molar-refractivity contribution in [3.05, 3.63) is 29.6 Å². The van der Waals surface area contributed by atoms with Gasteiger partial charge in [0.05, 0.1) is 5.69 Å². The number of nitrogens with two attached hydrogens (primary N) is 1. The van der Waals surface area contributed by atoms with E-state index in [0.717, 1.165) is 12.5 Å². The van der Waals surface area contributed by atoms with Crippen LogP contribution in [-0.2, 0) is 0 Å². The zero-order chi connectivity index (χ0) is 14.7. The Balaban J connectivity index is 2.13. The summed E-state index contributed by atoms with van der Waals surface area (Å²) >= 11 is 0. The number of carboxylic acid groups (broad SMARTS) is 1. The molecule has 0 radical (unpaired) electrons. The summed E-state index contributed by atoms with van der Waals surface area (Å²) in [5.41, 5.74) is 4.97. The fraction of sp³-hybridized carbons (Fsp3) is 0.385. The molecule has 20 heavy (non-hydrogen) atoms. The van der Waals surface area contributed by atoms with Crippen molar-refractivity contribution in [2.24, 2.45) is 11.7 Å². The molecule has 1 aromatic rings. The quantitative estimate of drug-likeness (QED) is 0.779. The first-order chi connectivity index (χ1) is 9.52. The Labute approximate surface area is 115 Å². The summed E-state index contributed by atoms with van der Waals surface area (Å²) in [5.74, 6) is -2.04. The fourth-order valence-electron chi connectivity index (χ4n) is 2.25. The van der Waals surface area contributed by atoms with E-state index in [9.17, 15) is 14.0 Å². The molecule has 1 heterocycles. The van der Waals surface area contributed by atoms with E-state index < -0.39 is 23.4 Å². The smallest absolute Gasteiger partial charge is 0.340 e. The number of hydrogen-bond acceptors (Lipinski definition) is 3. The van der Waals surface area contributed by atoms with Gasteiger partial charge in [0.25, 0.3) is 0 Å². The molecule has 7 heteroatoms. The van der Waals surface area contributed by atoms with Crippen LogP contribution in [0.3, 0.4) is 0 Å². The molecule has 6 nitrogen and oxygen atoms in total. The highest BCUT2D eigenvalue weighted by Gasteiger charge is 2.26. The SMILES string of the molecule is NCC1CCN(C(=O)Nc2cccc(F)c2C(=O)O)C1. The summed E-state index contributed by atoms with van der Waals surface area (Å²) in [7, 11) is 0. The number of rotatable bonds is 3. The number of anilines is 1. The van der Waals surface area contributed by atoms with Crippen LogP contribution >= 0.6 is 0 Å². The number of carbonyl (C=O) groups is 2. The Morgan fingerprint density at radius 1 is 1.50 bits per heavy atom. The van der Waals surface area contributed by atoms with Crippen molar-refractivity contribution >= 4 is 17.7 Å².